The molecule has 120 valence electrons. The average molecular weight is 352 g/mol. The summed E-state index contributed by atoms with van der Waals surface area (Å²) in [7, 11) is 0. The second kappa shape index (κ2) is 6.50. The van der Waals surface area contributed by atoms with Gasteiger partial charge in [-0.1, -0.05) is 29.4 Å². The van der Waals surface area contributed by atoms with Gasteiger partial charge in [-0.3, -0.25) is 9.59 Å². The predicted octanol–water partition coefficient (Wildman–Crippen LogP) is 3.99. The number of rotatable bonds is 3. The molecule has 0 aromatic heterocycles. The molecule has 1 aliphatic rings. The lowest BCUT2D eigenvalue weighted by atomic mass is 10.1. The number of benzene rings is 1. The first kappa shape index (κ1) is 17.1. The van der Waals surface area contributed by atoms with Crippen molar-refractivity contribution in [3.63, 3.8) is 0 Å². The summed E-state index contributed by atoms with van der Waals surface area (Å²) in [5.74, 6) is -0.171. The van der Waals surface area contributed by atoms with E-state index in [1.165, 1.54) is 19.1 Å². The van der Waals surface area contributed by atoms with E-state index in [0.29, 0.717) is 5.75 Å². The quantitative estimate of drug-likeness (QED) is 0.826. The lowest BCUT2D eigenvalue weighted by molar-refractivity contribution is -0.137. The van der Waals surface area contributed by atoms with E-state index in [0.717, 1.165) is 22.7 Å². The summed E-state index contributed by atoms with van der Waals surface area (Å²) in [6.45, 7) is 1.54. The van der Waals surface area contributed by atoms with E-state index in [2.05, 4.69) is 0 Å². The molecule has 1 aromatic rings. The lowest BCUT2D eigenvalue weighted by Crippen LogP contribution is -2.28. The molecule has 0 spiro atoms. The fraction of sp³-hybridized carbons (Fsp3) is 0.429. The number of halogens is 4. The topological polar surface area (TPSA) is 37.4 Å². The van der Waals surface area contributed by atoms with Gasteiger partial charge in [0.2, 0.25) is 5.91 Å². The number of hydrogen-bond acceptors (Lipinski definition) is 3. The summed E-state index contributed by atoms with van der Waals surface area (Å²) in [4.78, 5) is 24.1. The van der Waals surface area contributed by atoms with Crippen molar-refractivity contribution >= 4 is 40.1 Å². The van der Waals surface area contributed by atoms with Gasteiger partial charge in [0.15, 0.2) is 5.12 Å². The number of para-hydroxylation sites is 1. The van der Waals surface area contributed by atoms with Gasteiger partial charge in [0.25, 0.3) is 0 Å². The second-order valence-electron chi connectivity index (χ2n) is 5.01. The molecule has 1 unspecified atom stereocenters. The monoisotopic (exact) mass is 351 g/mol. The van der Waals surface area contributed by atoms with Gasteiger partial charge in [0.1, 0.15) is 0 Å². The third kappa shape index (κ3) is 3.76. The summed E-state index contributed by atoms with van der Waals surface area (Å²) in [5, 5.41) is -0.192. The molecule has 1 aromatic carbocycles. The summed E-state index contributed by atoms with van der Waals surface area (Å²) in [5.41, 5.74) is -1.22. The van der Waals surface area contributed by atoms with Crippen molar-refractivity contribution in [1.82, 2.24) is 0 Å². The zero-order valence-electron chi connectivity index (χ0n) is 11.6. The van der Waals surface area contributed by atoms with E-state index >= 15 is 0 Å². The smallest absolute Gasteiger partial charge is 0.310 e. The molecule has 0 radical (unpaired) electrons. The minimum absolute atomic E-state index is 0.0837. The number of carbonyl (C=O) groups is 2. The Morgan fingerprint density at radius 3 is 2.73 bits per heavy atom. The molecule has 22 heavy (non-hydrogen) atoms. The molecule has 0 aliphatic carbocycles. The van der Waals surface area contributed by atoms with Crippen LogP contribution in [0.15, 0.2) is 18.2 Å². The van der Waals surface area contributed by atoms with Gasteiger partial charge in [-0.25, -0.2) is 0 Å². The molecule has 1 saturated heterocycles. The maximum absolute atomic E-state index is 13.1. The Morgan fingerprint density at radius 1 is 1.45 bits per heavy atom. The van der Waals surface area contributed by atoms with Crippen LogP contribution in [0, 0.1) is 5.92 Å². The normalized spacial score (nSPS) is 18.9. The molecule has 0 saturated carbocycles. The van der Waals surface area contributed by atoms with Gasteiger partial charge < -0.3 is 4.90 Å². The molecular formula is C14H13ClF3NO2S. The summed E-state index contributed by atoms with van der Waals surface area (Å²) in [6, 6.07) is 3.45. The average Bonchev–Trinajstić information content (AvgIpc) is 2.76. The van der Waals surface area contributed by atoms with Crippen LogP contribution in [-0.4, -0.2) is 23.3 Å². The Morgan fingerprint density at radius 2 is 2.14 bits per heavy atom. The van der Waals surface area contributed by atoms with Crippen LogP contribution >= 0.6 is 23.4 Å². The molecule has 0 bridgehead atoms. The van der Waals surface area contributed by atoms with Crippen LogP contribution < -0.4 is 4.90 Å². The number of carbonyl (C=O) groups excluding carboxylic acids is 2. The van der Waals surface area contributed by atoms with E-state index in [1.54, 1.807) is 0 Å². The third-order valence-electron chi connectivity index (χ3n) is 3.29. The first-order valence-electron chi connectivity index (χ1n) is 6.49. The van der Waals surface area contributed by atoms with E-state index in [1.807, 2.05) is 0 Å². The van der Waals surface area contributed by atoms with Gasteiger partial charge in [-0.2, -0.15) is 13.2 Å². The standard InChI is InChI=1S/C14H13ClF3NO2S/c1-8(20)22-7-9-5-12(21)19(6-9)13-10(14(16,17)18)3-2-4-11(13)15/h2-4,9H,5-7H2,1H3. The first-order chi connectivity index (χ1) is 10.2. The van der Waals surface area contributed by atoms with Gasteiger partial charge in [0.05, 0.1) is 16.3 Å². The fourth-order valence-corrected chi connectivity index (χ4v) is 3.33. The number of nitrogens with zero attached hydrogens (tertiary/aromatic N) is 1. The summed E-state index contributed by atoms with van der Waals surface area (Å²) in [6.07, 6.45) is -4.48. The van der Waals surface area contributed by atoms with Crippen molar-refractivity contribution in [2.24, 2.45) is 5.92 Å². The molecule has 1 fully saturated rings. The highest BCUT2D eigenvalue weighted by Crippen LogP contribution is 2.42. The van der Waals surface area contributed by atoms with E-state index in [9.17, 15) is 22.8 Å². The molecule has 1 aliphatic heterocycles. The van der Waals surface area contributed by atoms with Crippen molar-refractivity contribution in [1.29, 1.82) is 0 Å². The van der Waals surface area contributed by atoms with Crippen LogP contribution in [0.3, 0.4) is 0 Å². The molecule has 2 rings (SSSR count). The van der Waals surface area contributed by atoms with Crippen LogP contribution in [0.4, 0.5) is 18.9 Å². The van der Waals surface area contributed by atoms with Gasteiger partial charge in [0, 0.05) is 25.6 Å². The van der Waals surface area contributed by atoms with Gasteiger partial charge >= 0.3 is 6.18 Å². The van der Waals surface area contributed by atoms with Crippen molar-refractivity contribution in [2.45, 2.75) is 19.5 Å². The largest absolute Gasteiger partial charge is 0.418 e. The predicted molar refractivity (Wildman–Crippen MR) is 80.1 cm³/mol. The molecule has 1 heterocycles. The number of thioether (sulfide) groups is 1. The van der Waals surface area contributed by atoms with Crippen molar-refractivity contribution < 1.29 is 22.8 Å². The van der Waals surface area contributed by atoms with E-state index < -0.39 is 17.6 Å². The number of anilines is 1. The Kier molecular flexibility index (Phi) is 5.07. The molecule has 0 N–H and O–H groups in total. The molecule has 3 nitrogen and oxygen atoms in total. The minimum Gasteiger partial charge on any atom is -0.310 e. The number of hydrogen-bond donors (Lipinski definition) is 0. The highest BCUT2D eigenvalue weighted by molar-refractivity contribution is 8.13. The van der Waals surface area contributed by atoms with Gasteiger partial charge in [-0.05, 0) is 18.1 Å². The van der Waals surface area contributed by atoms with E-state index in [-0.39, 0.29) is 34.7 Å². The lowest BCUT2D eigenvalue weighted by Gasteiger charge is -2.23. The Balaban J connectivity index is 2.29. The van der Waals surface area contributed by atoms with Crippen molar-refractivity contribution in [3.05, 3.63) is 28.8 Å². The fourth-order valence-electron chi connectivity index (χ4n) is 2.36. The maximum atomic E-state index is 13.1. The molecule has 1 atom stereocenters. The number of amides is 1. The summed E-state index contributed by atoms with van der Waals surface area (Å²) < 4.78 is 39.3. The molecule has 8 heteroatoms. The minimum atomic E-state index is -4.59. The Bertz CT molecular complexity index is 606. The zero-order chi connectivity index (χ0) is 16.5. The second-order valence-corrected chi connectivity index (χ2v) is 6.61. The molecular weight excluding hydrogens is 339 g/mol. The maximum Gasteiger partial charge on any atom is 0.418 e. The summed E-state index contributed by atoms with van der Waals surface area (Å²) >= 11 is 6.97. The Labute approximate surface area is 134 Å². The zero-order valence-corrected chi connectivity index (χ0v) is 13.2. The van der Waals surface area contributed by atoms with Gasteiger partial charge in [-0.15, -0.1) is 0 Å². The van der Waals surface area contributed by atoms with Crippen LogP contribution in [0.2, 0.25) is 5.02 Å². The van der Waals surface area contributed by atoms with Crippen LogP contribution in [0.5, 0.6) is 0 Å². The van der Waals surface area contributed by atoms with Crippen LogP contribution in [0.25, 0.3) is 0 Å². The highest BCUT2D eigenvalue weighted by atomic mass is 35.5. The SMILES string of the molecule is CC(=O)SCC1CC(=O)N(c2c(Cl)cccc2C(F)(F)F)C1. The third-order valence-corrected chi connectivity index (χ3v) is 4.64. The molecule has 1 amide bonds. The first-order valence-corrected chi connectivity index (χ1v) is 7.86. The van der Waals surface area contributed by atoms with E-state index in [4.69, 9.17) is 11.6 Å². The van der Waals surface area contributed by atoms with Crippen molar-refractivity contribution in [2.75, 3.05) is 17.2 Å². The van der Waals surface area contributed by atoms with Crippen LogP contribution in [0.1, 0.15) is 18.9 Å². The Hall–Kier alpha value is -1.21. The van der Waals surface area contributed by atoms with Crippen LogP contribution in [-0.2, 0) is 15.8 Å². The number of alkyl halides is 3. The van der Waals surface area contributed by atoms with Crippen molar-refractivity contribution in [3.8, 4) is 0 Å². The highest BCUT2D eigenvalue weighted by Gasteiger charge is 2.40.